The van der Waals surface area contributed by atoms with Crippen LogP contribution in [0.1, 0.15) is 26.6 Å². The molecular weight excluding hydrogens is 214 g/mol. The summed E-state index contributed by atoms with van der Waals surface area (Å²) in [5, 5.41) is 7.65. The predicted molar refractivity (Wildman–Crippen MR) is 67.8 cm³/mol. The Hall–Kier alpha value is -1.78. The third kappa shape index (κ3) is 2.67. The lowest BCUT2D eigenvalue weighted by Gasteiger charge is -2.18. The van der Waals surface area contributed by atoms with Gasteiger partial charge in [-0.3, -0.25) is 4.68 Å². The molecule has 2 rings (SSSR count). The molecule has 0 radical (unpaired) electrons. The molecule has 2 aromatic heterocycles. The Labute approximate surface area is 101 Å². The Kier molecular flexibility index (Phi) is 2.92. The highest BCUT2D eigenvalue weighted by atomic mass is 15.3. The van der Waals surface area contributed by atoms with Gasteiger partial charge in [0, 0.05) is 25.6 Å². The van der Waals surface area contributed by atoms with Gasteiger partial charge in [-0.15, -0.1) is 0 Å². The third-order valence-corrected chi connectivity index (χ3v) is 2.64. The van der Waals surface area contributed by atoms with Crippen LogP contribution in [0.4, 0.5) is 5.69 Å². The normalized spacial score (nSPS) is 11.8. The molecule has 92 valence electrons. The summed E-state index contributed by atoms with van der Waals surface area (Å²) in [6.07, 6.45) is 7.60. The first-order valence-electron chi connectivity index (χ1n) is 5.72. The van der Waals surface area contributed by atoms with Crippen LogP contribution in [-0.4, -0.2) is 19.3 Å². The molecule has 5 heteroatoms. The van der Waals surface area contributed by atoms with Gasteiger partial charge in [-0.2, -0.15) is 5.10 Å². The van der Waals surface area contributed by atoms with Crippen LogP contribution < -0.4 is 5.32 Å². The van der Waals surface area contributed by atoms with Gasteiger partial charge in [-0.25, -0.2) is 4.98 Å². The molecule has 0 bridgehead atoms. The van der Waals surface area contributed by atoms with E-state index in [1.807, 2.05) is 34.9 Å². The number of anilines is 1. The number of imidazole rings is 1. The summed E-state index contributed by atoms with van der Waals surface area (Å²) in [6.45, 7) is 7.09. The van der Waals surface area contributed by atoms with E-state index in [-0.39, 0.29) is 5.54 Å². The molecule has 0 fully saturated rings. The van der Waals surface area contributed by atoms with E-state index in [9.17, 15) is 0 Å². The van der Waals surface area contributed by atoms with E-state index < -0.39 is 0 Å². The lowest BCUT2D eigenvalue weighted by atomic mass is 10.1. The van der Waals surface area contributed by atoms with E-state index >= 15 is 0 Å². The number of rotatable bonds is 3. The maximum Gasteiger partial charge on any atom is 0.127 e. The number of hydrogen-bond acceptors (Lipinski definition) is 3. The summed E-state index contributed by atoms with van der Waals surface area (Å²) in [7, 11) is 1.99. The molecular formula is C12H19N5. The number of nitrogens with zero attached hydrogens (tertiary/aromatic N) is 4. The monoisotopic (exact) mass is 233 g/mol. The third-order valence-electron chi connectivity index (χ3n) is 2.64. The molecule has 17 heavy (non-hydrogen) atoms. The zero-order valence-corrected chi connectivity index (χ0v) is 10.8. The van der Waals surface area contributed by atoms with Crippen LogP contribution in [0, 0.1) is 0 Å². The molecule has 0 saturated heterocycles. The summed E-state index contributed by atoms with van der Waals surface area (Å²) < 4.78 is 3.95. The average Bonchev–Trinajstić information content (AvgIpc) is 2.82. The Morgan fingerprint density at radius 2 is 2.12 bits per heavy atom. The smallest absolute Gasteiger partial charge is 0.127 e. The zero-order valence-electron chi connectivity index (χ0n) is 10.8. The van der Waals surface area contributed by atoms with E-state index in [2.05, 4.69) is 36.2 Å². The predicted octanol–water partition coefficient (Wildman–Crippen LogP) is 1.98. The van der Waals surface area contributed by atoms with E-state index in [0.717, 1.165) is 11.5 Å². The Morgan fingerprint density at radius 1 is 1.35 bits per heavy atom. The van der Waals surface area contributed by atoms with Crippen LogP contribution in [0.25, 0.3) is 0 Å². The van der Waals surface area contributed by atoms with Crippen LogP contribution in [-0.2, 0) is 19.1 Å². The number of aromatic nitrogens is 4. The molecule has 0 aliphatic heterocycles. The second-order valence-corrected chi connectivity index (χ2v) is 5.15. The quantitative estimate of drug-likeness (QED) is 0.882. The van der Waals surface area contributed by atoms with Gasteiger partial charge in [0.05, 0.1) is 24.0 Å². The minimum atomic E-state index is 0.0170. The molecule has 0 spiro atoms. The van der Waals surface area contributed by atoms with Crippen molar-refractivity contribution in [3.63, 3.8) is 0 Å². The molecule has 0 unspecified atom stereocenters. The highest BCUT2D eigenvalue weighted by Crippen LogP contribution is 2.16. The van der Waals surface area contributed by atoms with Gasteiger partial charge in [-0.05, 0) is 20.8 Å². The Balaban J connectivity index is 2.01. The summed E-state index contributed by atoms with van der Waals surface area (Å²) in [5.74, 6) is 1.01. The molecule has 5 nitrogen and oxygen atoms in total. The van der Waals surface area contributed by atoms with Gasteiger partial charge >= 0.3 is 0 Å². The van der Waals surface area contributed by atoms with E-state index in [0.29, 0.717) is 6.54 Å². The fraction of sp³-hybridized carbons (Fsp3) is 0.500. The molecule has 0 aliphatic carbocycles. The summed E-state index contributed by atoms with van der Waals surface area (Å²) >= 11 is 0. The highest BCUT2D eigenvalue weighted by Gasteiger charge is 2.13. The molecule has 0 aromatic carbocycles. The summed E-state index contributed by atoms with van der Waals surface area (Å²) in [6, 6.07) is 0. The van der Waals surface area contributed by atoms with Crippen molar-refractivity contribution >= 4 is 5.69 Å². The summed E-state index contributed by atoms with van der Waals surface area (Å²) in [4.78, 5) is 4.26. The fourth-order valence-electron chi connectivity index (χ4n) is 1.53. The Bertz CT molecular complexity index is 489. The maximum atomic E-state index is 4.34. The Morgan fingerprint density at radius 3 is 2.65 bits per heavy atom. The average molecular weight is 233 g/mol. The maximum absolute atomic E-state index is 4.34. The standard InChI is InChI=1S/C12H19N5/c1-12(2,3)17-9-10(7-15-17)14-8-11-13-5-6-16(11)4/h5-7,9,14H,8H2,1-4H3. The number of aryl methyl sites for hydroxylation is 1. The second-order valence-electron chi connectivity index (χ2n) is 5.15. The molecule has 0 atom stereocenters. The fourth-order valence-corrected chi connectivity index (χ4v) is 1.53. The first-order valence-corrected chi connectivity index (χ1v) is 5.72. The zero-order chi connectivity index (χ0) is 12.5. The van der Waals surface area contributed by atoms with Crippen molar-refractivity contribution in [1.29, 1.82) is 0 Å². The first-order chi connectivity index (χ1) is 7.97. The molecule has 0 amide bonds. The first kappa shape index (κ1) is 11.7. The lowest BCUT2D eigenvalue weighted by molar-refractivity contribution is 0.355. The molecule has 2 aromatic rings. The van der Waals surface area contributed by atoms with Gasteiger partial charge in [0.2, 0.25) is 0 Å². The van der Waals surface area contributed by atoms with Crippen LogP contribution in [0.5, 0.6) is 0 Å². The SMILES string of the molecule is Cn1ccnc1CNc1cnn(C(C)(C)C)c1. The van der Waals surface area contributed by atoms with Gasteiger partial charge in [0.1, 0.15) is 5.82 Å². The summed E-state index contributed by atoms with van der Waals surface area (Å²) in [5.41, 5.74) is 1.03. The van der Waals surface area contributed by atoms with Crippen LogP contribution in [0.3, 0.4) is 0 Å². The van der Waals surface area contributed by atoms with Crippen molar-refractivity contribution in [2.45, 2.75) is 32.9 Å². The van der Waals surface area contributed by atoms with Crippen molar-refractivity contribution in [2.24, 2.45) is 7.05 Å². The van der Waals surface area contributed by atoms with Gasteiger partial charge in [0.15, 0.2) is 0 Å². The lowest BCUT2D eigenvalue weighted by Crippen LogP contribution is -2.21. The molecule has 0 aliphatic rings. The van der Waals surface area contributed by atoms with Crippen LogP contribution in [0.2, 0.25) is 0 Å². The van der Waals surface area contributed by atoms with Gasteiger partial charge in [-0.1, -0.05) is 0 Å². The molecule has 2 heterocycles. The largest absolute Gasteiger partial charge is 0.375 e. The van der Waals surface area contributed by atoms with Crippen molar-refractivity contribution in [3.05, 3.63) is 30.6 Å². The second kappa shape index (κ2) is 4.24. The highest BCUT2D eigenvalue weighted by molar-refractivity contribution is 5.38. The van der Waals surface area contributed by atoms with Crippen molar-refractivity contribution in [2.75, 3.05) is 5.32 Å². The van der Waals surface area contributed by atoms with Gasteiger partial charge in [0.25, 0.3) is 0 Å². The number of hydrogen-bond donors (Lipinski definition) is 1. The van der Waals surface area contributed by atoms with Crippen molar-refractivity contribution in [1.82, 2.24) is 19.3 Å². The van der Waals surface area contributed by atoms with E-state index in [1.54, 1.807) is 6.20 Å². The number of nitrogens with one attached hydrogen (secondary N) is 1. The molecule has 0 saturated carbocycles. The van der Waals surface area contributed by atoms with Crippen LogP contribution in [0.15, 0.2) is 24.8 Å². The van der Waals surface area contributed by atoms with Crippen LogP contribution >= 0.6 is 0 Å². The topological polar surface area (TPSA) is 47.7 Å². The van der Waals surface area contributed by atoms with E-state index in [1.165, 1.54) is 0 Å². The van der Waals surface area contributed by atoms with Crippen molar-refractivity contribution in [3.8, 4) is 0 Å². The van der Waals surface area contributed by atoms with Crippen molar-refractivity contribution < 1.29 is 0 Å². The van der Waals surface area contributed by atoms with E-state index in [4.69, 9.17) is 0 Å². The van der Waals surface area contributed by atoms with Gasteiger partial charge < -0.3 is 9.88 Å². The minimum absolute atomic E-state index is 0.0170. The molecule has 1 N–H and O–H groups in total. The minimum Gasteiger partial charge on any atom is -0.375 e.